The van der Waals surface area contributed by atoms with E-state index >= 15 is 0 Å². The third kappa shape index (κ3) is 4.32. The number of para-hydroxylation sites is 1. The molecule has 0 radical (unpaired) electrons. The van der Waals surface area contributed by atoms with Crippen molar-refractivity contribution in [3.05, 3.63) is 23.8 Å². The van der Waals surface area contributed by atoms with Gasteiger partial charge < -0.3 is 20.9 Å². The van der Waals surface area contributed by atoms with Crippen LogP contribution in [0.25, 0.3) is 0 Å². The highest BCUT2D eigenvalue weighted by Gasteiger charge is 2.07. The maximum Gasteiger partial charge on any atom is 0.218 e. The smallest absolute Gasteiger partial charge is 0.218 e. The van der Waals surface area contributed by atoms with Crippen molar-refractivity contribution >= 4 is 5.91 Å². The molecular formula is C12H18N2O3. The molecule has 0 unspecified atom stereocenters. The Kier molecular flexibility index (Phi) is 5.29. The molecule has 0 aliphatic carbocycles. The number of carbonyl (C=O) groups is 1. The number of amides is 1. The van der Waals surface area contributed by atoms with Gasteiger partial charge in [-0.25, -0.2) is 0 Å². The highest BCUT2D eigenvalue weighted by atomic mass is 16.5. The first-order valence-electron chi connectivity index (χ1n) is 5.57. The van der Waals surface area contributed by atoms with Crippen LogP contribution in [-0.4, -0.2) is 24.2 Å². The number of phenolic OH excluding ortho intramolecular Hbond substituents is 1. The van der Waals surface area contributed by atoms with Gasteiger partial charge in [0.25, 0.3) is 0 Å². The van der Waals surface area contributed by atoms with Gasteiger partial charge in [-0.1, -0.05) is 12.1 Å². The van der Waals surface area contributed by atoms with E-state index in [-0.39, 0.29) is 18.1 Å². The summed E-state index contributed by atoms with van der Waals surface area (Å²) in [6.07, 6.45) is 0.284. The molecule has 1 rings (SSSR count). The van der Waals surface area contributed by atoms with Crippen molar-refractivity contribution in [1.82, 2.24) is 5.32 Å². The first-order chi connectivity index (χ1) is 8.15. The number of aromatic hydroxyl groups is 1. The lowest BCUT2D eigenvalue weighted by Gasteiger charge is -2.10. The molecule has 0 atom stereocenters. The molecule has 0 aromatic heterocycles. The van der Waals surface area contributed by atoms with E-state index in [1.807, 2.05) is 13.0 Å². The maximum atomic E-state index is 10.5. The van der Waals surface area contributed by atoms with Crippen molar-refractivity contribution in [2.75, 3.05) is 13.2 Å². The van der Waals surface area contributed by atoms with Crippen LogP contribution < -0.4 is 15.8 Å². The summed E-state index contributed by atoms with van der Waals surface area (Å²) in [5, 5.41) is 12.9. The van der Waals surface area contributed by atoms with Gasteiger partial charge in [0.05, 0.1) is 6.61 Å². The van der Waals surface area contributed by atoms with Crippen LogP contribution in [0, 0.1) is 0 Å². The number of hydrogen-bond donors (Lipinski definition) is 3. The Bertz CT molecular complexity index is 380. The van der Waals surface area contributed by atoms with Gasteiger partial charge in [0.1, 0.15) is 0 Å². The van der Waals surface area contributed by atoms with E-state index in [0.717, 1.165) is 5.56 Å². The molecule has 5 nitrogen and oxygen atoms in total. The van der Waals surface area contributed by atoms with Gasteiger partial charge in [0.15, 0.2) is 11.5 Å². The molecule has 0 heterocycles. The number of rotatable bonds is 7. The number of benzene rings is 1. The van der Waals surface area contributed by atoms with Crippen LogP contribution in [0.2, 0.25) is 0 Å². The molecule has 94 valence electrons. The van der Waals surface area contributed by atoms with Crippen molar-refractivity contribution in [1.29, 1.82) is 0 Å². The lowest BCUT2D eigenvalue weighted by atomic mass is 10.2. The summed E-state index contributed by atoms with van der Waals surface area (Å²) in [5.41, 5.74) is 5.75. The van der Waals surface area contributed by atoms with Gasteiger partial charge in [0, 0.05) is 25.1 Å². The summed E-state index contributed by atoms with van der Waals surface area (Å²) in [6, 6.07) is 5.33. The van der Waals surface area contributed by atoms with Crippen molar-refractivity contribution in [3.63, 3.8) is 0 Å². The van der Waals surface area contributed by atoms with E-state index < -0.39 is 0 Å². The Labute approximate surface area is 101 Å². The van der Waals surface area contributed by atoms with Crippen molar-refractivity contribution in [3.8, 4) is 11.5 Å². The third-order valence-corrected chi connectivity index (χ3v) is 2.25. The monoisotopic (exact) mass is 238 g/mol. The van der Waals surface area contributed by atoms with Crippen LogP contribution in [0.15, 0.2) is 18.2 Å². The van der Waals surface area contributed by atoms with Gasteiger partial charge in [-0.05, 0) is 13.0 Å². The summed E-state index contributed by atoms with van der Waals surface area (Å²) in [7, 11) is 0. The highest BCUT2D eigenvalue weighted by Crippen LogP contribution is 2.29. The molecule has 0 aliphatic heterocycles. The van der Waals surface area contributed by atoms with Crippen LogP contribution in [-0.2, 0) is 11.3 Å². The second-order valence-electron chi connectivity index (χ2n) is 3.59. The Balaban J connectivity index is 2.53. The molecule has 0 saturated heterocycles. The first kappa shape index (κ1) is 13.3. The summed E-state index contributed by atoms with van der Waals surface area (Å²) in [4.78, 5) is 10.5. The largest absolute Gasteiger partial charge is 0.504 e. The van der Waals surface area contributed by atoms with Gasteiger partial charge in [-0.15, -0.1) is 0 Å². The van der Waals surface area contributed by atoms with Gasteiger partial charge in [0.2, 0.25) is 5.91 Å². The topological polar surface area (TPSA) is 84.6 Å². The Morgan fingerprint density at radius 2 is 2.29 bits per heavy atom. The summed E-state index contributed by atoms with van der Waals surface area (Å²) < 4.78 is 5.27. The predicted molar refractivity (Wildman–Crippen MR) is 64.8 cm³/mol. The van der Waals surface area contributed by atoms with E-state index in [0.29, 0.717) is 25.4 Å². The molecule has 1 aromatic rings. The number of primary amides is 1. The normalized spacial score (nSPS) is 10.2. The van der Waals surface area contributed by atoms with Crippen molar-refractivity contribution in [2.45, 2.75) is 19.9 Å². The zero-order valence-corrected chi connectivity index (χ0v) is 9.90. The number of nitrogens with two attached hydrogens (primary N) is 1. The van der Waals surface area contributed by atoms with Gasteiger partial charge in [-0.3, -0.25) is 4.79 Å². The average molecular weight is 238 g/mol. The minimum absolute atomic E-state index is 0.140. The van der Waals surface area contributed by atoms with E-state index in [2.05, 4.69) is 5.32 Å². The Morgan fingerprint density at radius 1 is 1.53 bits per heavy atom. The van der Waals surface area contributed by atoms with Gasteiger partial charge >= 0.3 is 0 Å². The molecular weight excluding hydrogens is 220 g/mol. The second-order valence-corrected chi connectivity index (χ2v) is 3.59. The number of nitrogens with one attached hydrogen (secondary N) is 1. The van der Waals surface area contributed by atoms with Gasteiger partial charge in [-0.2, -0.15) is 0 Å². The molecule has 1 amide bonds. The fraction of sp³-hybridized carbons (Fsp3) is 0.417. The van der Waals surface area contributed by atoms with E-state index in [1.54, 1.807) is 12.1 Å². The molecule has 0 spiro atoms. The van der Waals surface area contributed by atoms with Crippen LogP contribution in [0.5, 0.6) is 11.5 Å². The van der Waals surface area contributed by atoms with E-state index in [9.17, 15) is 9.90 Å². The molecule has 0 aliphatic rings. The molecule has 5 heteroatoms. The minimum atomic E-state index is -0.343. The standard InChI is InChI=1S/C12H18N2O3/c1-2-17-10-5-3-4-9(12(10)16)8-14-7-6-11(13)15/h3-5,14,16H,2,6-8H2,1H3,(H2,13,15). The Morgan fingerprint density at radius 3 is 2.94 bits per heavy atom. The Hall–Kier alpha value is -1.75. The SMILES string of the molecule is CCOc1cccc(CNCCC(N)=O)c1O. The first-order valence-corrected chi connectivity index (χ1v) is 5.57. The number of ether oxygens (including phenoxy) is 1. The number of hydrogen-bond acceptors (Lipinski definition) is 4. The quantitative estimate of drug-likeness (QED) is 0.612. The molecule has 0 fully saturated rings. The zero-order chi connectivity index (χ0) is 12.7. The highest BCUT2D eigenvalue weighted by molar-refractivity contribution is 5.73. The lowest BCUT2D eigenvalue weighted by molar-refractivity contribution is -0.117. The summed E-state index contributed by atoms with van der Waals surface area (Å²) in [5.74, 6) is 0.271. The predicted octanol–water partition coefficient (Wildman–Crippen LogP) is 0.756. The van der Waals surface area contributed by atoms with Crippen LogP contribution in [0.4, 0.5) is 0 Å². The van der Waals surface area contributed by atoms with Crippen LogP contribution in [0.3, 0.4) is 0 Å². The van der Waals surface area contributed by atoms with Crippen molar-refractivity contribution < 1.29 is 14.6 Å². The summed E-state index contributed by atoms with van der Waals surface area (Å²) >= 11 is 0. The van der Waals surface area contributed by atoms with E-state index in [1.165, 1.54) is 0 Å². The fourth-order valence-corrected chi connectivity index (χ4v) is 1.42. The van der Waals surface area contributed by atoms with E-state index in [4.69, 9.17) is 10.5 Å². The maximum absolute atomic E-state index is 10.5. The third-order valence-electron chi connectivity index (χ3n) is 2.25. The van der Waals surface area contributed by atoms with Crippen molar-refractivity contribution in [2.24, 2.45) is 5.73 Å². The average Bonchev–Trinajstić information content (AvgIpc) is 2.29. The summed E-state index contributed by atoms with van der Waals surface area (Å²) in [6.45, 7) is 3.33. The van der Waals surface area contributed by atoms with Crippen LogP contribution in [0.1, 0.15) is 18.9 Å². The minimum Gasteiger partial charge on any atom is -0.504 e. The zero-order valence-electron chi connectivity index (χ0n) is 9.90. The molecule has 0 saturated carbocycles. The molecule has 17 heavy (non-hydrogen) atoms. The lowest BCUT2D eigenvalue weighted by Crippen LogP contribution is -2.21. The molecule has 1 aromatic carbocycles. The second kappa shape index (κ2) is 6.75. The van der Waals surface area contributed by atoms with Crippen LogP contribution >= 0.6 is 0 Å². The number of phenols is 1. The number of carbonyl (C=O) groups excluding carboxylic acids is 1. The fourth-order valence-electron chi connectivity index (χ4n) is 1.42. The molecule has 0 bridgehead atoms. The molecule has 4 N–H and O–H groups in total.